The first kappa shape index (κ1) is 20.2. The Hall–Kier alpha value is 0.220. The average molecular weight is 334 g/mol. The van der Waals surface area contributed by atoms with Crippen molar-refractivity contribution in [3.8, 4) is 0 Å². The van der Waals surface area contributed by atoms with Gasteiger partial charge in [-0.05, 0) is 33.6 Å². The molecule has 0 aromatic heterocycles. The Morgan fingerprint density at radius 2 is 1.45 bits per heavy atom. The van der Waals surface area contributed by atoms with E-state index < -0.39 is 21.2 Å². The van der Waals surface area contributed by atoms with E-state index in [4.69, 9.17) is 14.7 Å². The standard InChI is InChI=1S/C6H13O4P.C4H11O4P/c7-11(8)9-5-3-1-2-4-6-10-11;1-4(2,3)8-9(5,6)7/h1-6H2,(H,7,8);1-3H3,(H2,5,6,7). The fourth-order valence-corrected chi connectivity index (χ4v) is 2.82. The molecule has 0 radical (unpaired) electrons. The Bertz CT molecular complexity index is 345. The number of phosphoric acid groups is 2. The van der Waals surface area contributed by atoms with Crippen molar-refractivity contribution in [2.45, 2.75) is 52.1 Å². The van der Waals surface area contributed by atoms with Crippen LogP contribution in [0.2, 0.25) is 0 Å². The van der Waals surface area contributed by atoms with Crippen LogP contribution >= 0.6 is 15.6 Å². The van der Waals surface area contributed by atoms with Crippen molar-refractivity contribution in [2.75, 3.05) is 13.2 Å². The first-order valence-electron chi connectivity index (χ1n) is 6.29. The van der Waals surface area contributed by atoms with E-state index in [-0.39, 0.29) is 0 Å². The topological polar surface area (TPSA) is 123 Å². The number of hydrogen-bond acceptors (Lipinski definition) is 5. The van der Waals surface area contributed by atoms with Crippen molar-refractivity contribution in [3.05, 3.63) is 0 Å². The van der Waals surface area contributed by atoms with Crippen LogP contribution in [0.3, 0.4) is 0 Å². The second kappa shape index (κ2) is 8.61. The van der Waals surface area contributed by atoms with Crippen LogP contribution < -0.4 is 0 Å². The first-order valence-corrected chi connectivity index (χ1v) is 9.32. The minimum atomic E-state index is -4.29. The van der Waals surface area contributed by atoms with Gasteiger partial charge in [-0.3, -0.25) is 13.6 Å². The molecule has 20 heavy (non-hydrogen) atoms. The third-order valence-electron chi connectivity index (χ3n) is 1.94. The number of phosphoric ester groups is 2. The lowest BCUT2D eigenvalue weighted by Gasteiger charge is -2.18. The van der Waals surface area contributed by atoms with Gasteiger partial charge in [0.1, 0.15) is 0 Å². The molecule has 0 unspecified atom stereocenters. The van der Waals surface area contributed by atoms with Crippen LogP contribution in [0.4, 0.5) is 0 Å². The Kier molecular flexibility index (Phi) is 8.71. The van der Waals surface area contributed by atoms with Crippen molar-refractivity contribution >= 4 is 15.6 Å². The molecule has 0 amide bonds. The predicted octanol–water partition coefficient (Wildman–Crippen LogP) is 2.59. The predicted molar refractivity (Wildman–Crippen MR) is 73.1 cm³/mol. The van der Waals surface area contributed by atoms with Crippen LogP contribution in [0.15, 0.2) is 0 Å². The second-order valence-corrected chi connectivity index (χ2v) is 7.86. The molecule has 3 N–H and O–H groups in total. The summed E-state index contributed by atoms with van der Waals surface area (Å²) < 4.78 is 34.6. The van der Waals surface area contributed by atoms with Crippen LogP contribution in [0.25, 0.3) is 0 Å². The molecule has 0 aliphatic carbocycles. The first-order chi connectivity index (χ1) is 8.91. The van der Waals surface area contributed by atoms with Gasteiger partial charge in [0.25, 0.3) is 0 Å². The molecule has 1 rings (SSSR count). The molecule has 1 aliphatic rings. The summed E-state index contributed by atoms with van der Waals surface area (Å²) in [7, 11) is -7.97. The maximum absolute atomic E-state index is 10.9. The molecule has 0 aromatic carbocycles. The summed E-state index contributed by atoms with van der Waals surface area (Å²) in [5.74, 6) is 0. The summed E-state index contributed by atoms with van der Waals surface area (Å²) in [5, 5.41) is 0. The smallest absolute Gasteiger partial charge is 0.303 e. The minimum Gasteiger partial charge on any atom is -0.303 e. The van der Waals surface area contributed by atoms with Gasteiger partial charge in [-0.1, -0.05) is 12.8 Å². The summed E-state index contributed by atoms with van der Waals surface area (Å²) in [6.07, 6.45) is 3.77. The Labute approximate surface area is 119 Å². The molecule has 0 spiro atoms. The third-order valence-corrected chi connectivity index (χ3v) is 3.74. The van der Waals surface area contributed by atoms with Crippen LogP contribution in [0.5, 0.6) is 0 Å². The van der Waals surface area contributed by atoms with Crippen LogP contribution in [0.1, 0.15) is 46.5 Å². The van der Waals surface area contributed by atoms with E-state index >= 15 is 0 Å². The molecule has 1 fully saturated rings. The summed E-state index contributed by atoms with van der Waals surface area (Å²) in [5.41, 5.74) is -0.779. The van der Waals surface area contributed by atoms with Gasteiger partial charge in [0.2, 0.25) is 0 Å². The molecular weight excluding hydrogens is 310 g/mol. The van der Waals surface area contributed by atoms with E-state index in [1.165, 1.54) is 0 Å². The van der Waals surface area contributed by atoms with Crippen molar-refractivity contribution in [1.82, 2.24) is 0 Å². The van der Waals surface area contributed by atoms with Gasteiger partial charge in [-0.25, -0.2) is 9.13 Å². The molecule has 1 aliphatic heterocycles. The van der Waals surface area contributed by atoms with Gasteiger partial charge in [-0.2, -0.15) is 0 Å². The van der Waals surface area contributed by atoms with Gasteiger partial charge < -0.3 is 14.7 Å². The van der Waals surface area contributed by atoms with Crippen molar-refractivity contribution in [3.63, 3.8) is 0 Å². The molecular formula is C10H24O8P2. The fraction of sp³-hybridized carbons (Fsp3) is 1.00. The Balaban J connectivity index is 0.000000370. The van der Waals surface area contributed by atoms with Crippen molar-refractivity contribution in [2.24, 2.45) is 0 Å². The lowest BCUT2D eigenvalue weighted by molar-refractivity contribution is 0.0810. The molecule has 122 valence electrons. The quantitative estimate of drug-likeness (QED) is 0.625. The Morgan fingerprint density at radius 3 is 1.70 bits per heavy atom. The maximum Gasteiger partial charge on any atom is 0.472 e. The van der Waals surface area contributed by atoms with Crippen molar-refractivity contribution in [1.29, 1.82) is 0 Å². The maximum atomic E-state index is 10.9. The third kappa shape index (κ3) is 14.6. The van der Waals surface area contributed by atoms with Crippen LogP contribution in [0, 0.1) is 0 Å². The van der Waals surface area contributed by atoms with Gasteiger partial charge in [0.15, 0.2) is 0 Å². The normalized spacial score (nSPS) is 20.9. The van der Waals surface area contributed by atoms with E-state index in [1.807, 2.05) is 0 Å². The molecule has 0 atom stereocenters. The lowest BCUT2D eigenvalue weighted by atomic mass is 10.2. The highest BCUT2D eigenvalue weighted by atomic mass is 31.2. The SMILES string of the molecule is CC(C)(C)OP(=O)(O)O.O=P1(O)OCCCCCCO1. The summed E-state index contributed by atoms with van der Waals surface area (Å²) in [6.45, 7) is 5.38. The molecule has 10 heteroatoms. The van der Waals surface area contributed by atoms with E-state index in [2.05, 4.69) is 13.6 Å². The highest BCUT2D eigenvalue weighted by molar-refractivity contribution is 7.47. The lowest BCUT2D eigenvalue weighted by Crippen LogP contribution is -2.16. The molecule has 8 nitrogen and oxygen atoms in total. The largest absolute Gasteiger partial charge is 0.472 e. The molecule has 1 heterocycles. The monoisotopic (exact) mass is 334 g/mol. The zero-order chi connectivity index (χ0) is 15.9. The van der Waals surface area contributed by atoms with E-state index in [1.54, 1.807) is 20.8 Å². The van der Waals surface area contributed by atoms with Gasteiger partial charge in [0.05, 0.1) is 18.8 Å². The second-order valence-electron chi connectivity index (χ2n) is 5.24. The molecule has 1 saturated heterocycles. The zero-order valence-electron chi connectivity index (χ0n) is 12.0. The highest BCUT2D eigenvalue weighted by Gasteiger charge is 2.23. The van der Waals surface area contributed by atoms with E-state index in [9.17, 15) is 9.13 Å². The minimum absolute atomic E-state index is 0.327. The van der Waals surface area contributed by atoms with Crippen LogP contribution in [-0.4, -0.2) is 33.5 Å². The number of rotatable bonds is 1. The van der Waals surface area contributed by atoms with E-state index in [0.717, 1.165) is 25.7 Å². The fourth-order valence-electron chi connectivity index (χ4n) is 1.31. The highest BCUT2D eigenvalue weighted by Crippen LogP contribution is 2.44. The van der Waals surface area contributed by atoms with Gasteiger partial charge in [-0.15, -0.1) is 0 Å². The molecule has 0 aromatic rings. The summed E-state index contributed by atoms with van der Waals surface area (Å²) in [6, 6.07) is 0. The zero-order valence-corrected chi connectivity index (χ0v) is 13.8. The number of hydrogen-bond donors (Lipinski definition) is 3. The van der Waals surface area contributed by atoms with E-state index in [0.29, 0.717) is 13.2 Å². The average Bonchev–Trinajstić information content (AvgIpc) is 2.25. The molecule has 0 saturated carbocycles. The van der Waals surface area contributed by atoms with Gasteiger partial charge in [0, 0.05) is 0 Å². The molecule has 0 bridgehead atoms. The Morgan fingerprint density at radius 1 is 1.05 bits per heavy atom. The van der Waals surface area contributed by atoms with Crippen LogP contribution in [-0.2, 0) is 22.7 Å². The van der Waals surface area contributed by atoms with Gasteiger partial charge >= 0.3 is 15.6 Å². The summed E-state index contributed by atoms with van der Waals surface area (Å²) >= 11 is 0. The van der Waals surface area contributed by atoms with Crippen molar-refractivity contribution < 1.29 is 37.4 Å². The summed E-state index contributed by atoms with van der Waals surface area (Å²) in [4.78, 5) is 25.4.